The van der Waals surface area contributed by atoms with Gasteiger partial charge < -0.3 is 4.90 Å². The molecule has 3 aromatic carbocycles. The van der Waals surface area contributed by atoms with E-state index in [1.165, 1.54) is 19.1 Å². The van der Waals surface area contributed by atoms with E-state index in [9.17, 15) is 27.6 Å². The molecule has 3 aliphatic rings. The number of rotatable bonds is 2. The molecular weight excluding hydrogens is 503 g/mol. The highest BCUT2D eigenvalue weighted by molar-refractivity contribution is 6.32. The number of nitrogens with zero attached hydrogens (tertiary/aromatic N) is 1. The van der Waals surface area contributed by atoms with Gasteiger partial charge in [-0.15, -0.1) is 0 Å². The Labute approximate surface area is 215 Å². The summed E-state index contributed by atoms with van der Waals surface area (Å²) in [6.45, 7) is 1.38. The summed E-state index contributed by atoms with van der Waals surface area (Å²) in [5.41, 5.74) is -0.411. The Bertz CT molecular complexity index is 1490. The second kappa shape index (κ2) is 7.89. The molecule has 1 aliphatic carbocycles. The molecule has 0 bridgehead atoms. The topological polar surface area (TPSA) is 54.5 Å². The summed E-state index contributed by atoms with van der Waals surface area (Å²) in [4.78, 5) is 43.6. The highest BCUT2D eigenvalue weighted by Crippen LogP contribution is 2.60. The number of carbonyl (C=O) groups is 3. The van der Waals surface area contributed by atoms with Crippen LogP contribution in [0.3, 0.4) is 0 Å². The maximum absolute atomic E-state index is 14.2. The van der Waals surface area contributed by atoms with Crippen molar-refractivity contribution < 1.29 is 27.6 Å². The highest BCUT2D eigenvalue weighted by atomic mass is 35.5. The molecule has 2 aliphatic heterocycles. The van der Waals surface area contributed by atoms with Gasteiger partial charge in [0, 0.05) is 27.8 Å². The maximum atomic E-state index is 14.2. The van der Waals surface area contributed by atoms with Gasteiger partial charge in [-0.3, -0.25) is 14.4 Å². The average Bonchev–Trinajstić information content (AvgIpc) is 3.30. The lowest BCUT2D eigenvalue weighted by molar-refractivity contribution is -0.137. The number of fused-ring (bicyclic) bond motifs is 5. The minimum absolute atomic E-state index is 0.254. The number of halogens is 4. The van der Waals surface area contributed by atoms with Crippen molar-refractivity contribution in [2.75, 3.05) is 4.90 Å². The smallest absolute Gasteiger partial charge is 0.352 e. The Balaban J connectivity index is 1.64. The first-order valence-electron chi connectivity index (χ1n) is 11.7. The molecule has 3 aromatic rings. The molecule has 1 saturated heterocycles. The van der Waals surface area contributed by atoms with Gasteiger partial charge in [0.25, 0.3) is 0 Å². The number of hydrogen-bond donors (Lipinski definition) is 0. The van der Waals surface area contributed by atoms with Gasteiger partial charge in [-0.25, -0.2) is 0 Å². The molecular formula is C29H19ClF3NO3. The summed E-state index contributed by atoms with van der Waals surface area (Å²) in [5, 5.41) is 0.481. The second-order valence-corrected chi connectivity index (χ2v) is 10.1. The number of alkyl halides is 3. The van der Waals surface area contributed by atoms with Crippen molar-refractivity contribution in [3.05, 3.63) is 106 Å². The third-order valence-electron chi connectivity index (χ3n) is 7.78. The molecule has 37 heavy (non-hydrogen) atoms. The second-order valence-electron chi connectivity index (χ2n) is 9.64. The molecule has 1 fully saturated rings. The third kappa shape index (κ3) is 3.13. The third-order valence-corrected chi connectivity index (χ3v) is 8.01. The molecule has 0 N–H and O–H groups in total. The molecule has 0 radical (unpaired) electrons. The van der Waals surface area contributed by atoms with Gasteiger partial charge in [-0.05, 0) is 48.4 Å². The lowest BCUT2D eigenvalue weighted by atomic mass is 9.64. The summed E-state index contributed by atoms with van der Waals surface area (Å²) in [6.07, 6.45) is -1.04. The van der Waals surface area contributed by atoms with Crippen molar-refractivity contribution in [3.63, 3.8) is 0 Å². The zero-order chi connectivity index (χ0) is 26.3. The Hall–Kier alpha value is -3.71. The average molecular weight is 522 g/mol. The number of carbonyl (C=O) groups excluding carboxylic acids is 3. The fraction of sp³-hybridized carbons (Fsp3) is 0.207. The van der Waals surface area contributed by atoms with Crippen molar-refractivity contribution in [1.82, 2.24) is 0 Å². The number of ketones is 3. The molecule has 8 heteroatoms. The van der Waals surface area contributed by atoms with Gasteiger partial charge in [0.2, 0.25) is 0 Å². The van der Waals surface area contributed by atoms with Crippen LogP contribution in [0.1, 0.15) is 50.2 Å². The molecule has 0 unspecified atom stereocenters. The first-order chi connectivity index (χ1) is 17.6. The zero-order valence-electron chi connectivity index (χ0n) is 19.4. The van der Waals surface area contributed by atoms with Gasteiger partial charge in [0.05, 0.1) is 17.6 Å². The van der Waals surface area contributed by atoms with Gasteiger partial charge in [-0.1, -0.05) is 60.2 Å². The van der Waals surface area contributed by atoms with Crippen molar-refractivity contribution in [2.45, 2.75) is 31.1 Å². The summed E-state index contributed by atoms with van der Waals surface area (Å²) in [7, 11) is 0. The van der Waals surface area contributed by atoms with Gasteiger partial charge in [-0.2, -0.15) is 13.2 Å². The predicted molar refractivity (Wildman–Crippen MR) is 133 cm³/mol. The molecule has 0 aromatic heterocycles. The van der Waals surface area contributed by atoms with Gasteiger partial charge in [0.1, 0.15) is 5.41 Å². The van der Waals surface area contributed by atoms with E-state index in [1.807, 2.05) is 0 Å². The fourth-order valence-corrected chi connectivity index (χ4v) is 6.53. The molecule has 186 valence electrons. The van der Waals surface area contributed by atoms with Crippen LogP contribution in [0.2, 0.25) is 5.02 Å². The molecule has 2 heterocycles. The molecule has 4 nitrogen and oxygen atoms in total. The van der Waals surface area contributed by atoms with Gasteiger partial charge in [0.15, 0.2) is 17.3 Å². The Morgan fingerprint density at radius 1 is 0.946 bits per heavy atom. The lowest BCUT2D eigenvalue weighted by Gasteiger charge is -2.37. The van der Waals surface area contributed by atoms with Crippen LogP contribution >= 0.6 is 11.6 Å². The number of anilines is 1. The van der Waals surface area contributed by atoms with E-state index in [2.05, 4.69) is 0 Å². The maximum Gasteiger partial charge on any atom is 0.416 e. The minimum Gasteiger partial charge on any atom is -0.352 e. The van der Waals surface area contributed by atoms with E-state index in [4.69, 9.17) is 11.6 Å². The predicted octanol–water partition coefficient (Wildman–Crippen LogP) is 6.38. The van der Waals surface area contributed by atoms with E-state index >= 15 is 0 Å². The van der Waals surface area contributed by atoms with E-state index < -0.39 is 46.7 Å². The van der Waals surface area contributed by atoms with Crippen LogP contribution in [0.5, 0.6) is 0 Å². The summed E-state index contributed by atoms with van der Waals surface area (Å²) < 4.78 is 40.0. The lowest BCUT2D eigenvalue weighted by Crippen LogP contribution is -2.48. The van der Waals surface area contributed by atoms with Crippen LogP contribution in [0, 0.1) is 5.41 Å². The van der Waals surface area contributed by atoms with Crippen LogP contribution in [0.4, 0.5) is 18.9 Å². The van der Waals surface area contributed by atoms with E-state index in [0.29, 0.717) is 21.8 Å². The Morgan fingerprint density at radius 2 is 1.57 bits per heavy atom. The quantitative estimate of drug-likeness (QED) is 0.367. The molecule has 6 rings (SSSR count). The molecule has 1 spiro atoms. The zero-order valence-corrected chi connectivity index (χ0v) is 20.2. The number of benzene rings is 3. The molecule has 3 atom stereocenters. The molecule has 0 amide bonds. The van der Waals surface area contributed by atoms with Crippen molar-refractivity contribution >= 4 is 40.7 Å². The Morgan fingerprint density at radius 3 is 2.14 bits per heavy atom. The Kier molecular flexibility index (Phi) is 5.05. The largest absolute Gasteiger partial charge is 0.416 e. The summed E-state index contributed by atoms with van der Waals surface area (Å²) in [6, 6.07) is 14.2. The van der Waals surface area contributed by atoms with Crippen LogP contribution in [0.15, 0.2) is 72.8 Å². The minimum atomic E-state index is -4.56. The monoisotopic (exact) mass is 521 g/mol. The van der Waals surface area contributed by atoms with Gasteiger partial charge >= 0.3 is 6.18 Å². The van der Waals surface area contributed by atoms with E-state index in [-0.39, 0.29) is 16.9 Å². The van der Waals surface area contributed by atoms with E-state index in [1.54, 1.807) is 59.5 Å². The standard InChI is InChI=1S/C29H19ClF3NO3/c1-15(35)25-24(16-6-9-18(10-7-16)29(31,32)33)28(26(36)20-4-2-3-5-21(20)27(28)37)23-13-8-17-14-19(30)11-12-22(17)34(23)25/h2-14,23-25H,1H3/t23-,24-,25-/m1/s1. The van der Waals surface area contributed by atoms with Crippen LogP contribution in [-0.4, -0.2) is 29.4 Å². The van der Waals surface area contributed by atoms with Crippen LogP contribution in [0.25, 0.3) is 6.08 Å². The number of Topliss-reactive ketones (excluding diaryl/α,β-unsaturated/α-hetero) is 3. The van der Waals surface area contributed by atoms with Crippen molar-refractivity contribution in [2.24, 2.45) is 5.41 Å². The SMILES string of the molecule is CC(=O)[C@@H]1[C@@H](c2ccc(C(F)(F)F)cc2)C2(C(=O)c3ccccc3C2=O)[C@H]2C=Cc3cc(Cl)ccc3N12. The first-order valence-corrected chi connectivity index (χ1v) is 12.1. The van der Waals surface area contributed by atoms with Crippen LogP contribution < -0.4 is 4.90 Å². The summed E-state index contributed by atoms with van der Waals surface area (Å²) >= 11 is 6.20. The van der Waals surface area contributed by atoms with Crippen molar-refractivity contribution in [3.8, 4) is 0 Å². The van der Waals surface area contributed by atoms with Crippen LogP contribution in [-0.2, 0) is 11.0 Å². The first kappa shape index (κ1) is 23.7. The highest BCUT2D eigenvalue weighted by Gasteiger charge is 2.71. The molecule has 0 saturated carbocycles. The normalized spacial score (nSPS) is 23.3. The number of hydrogen-bond acceptors (Lipinski definition) is 4. The summed E-state index contributed by atoms with van der Waals surface area (Å²) in [5.74, 6) is -2.19. The van der Waals surface area contributed by atoms with Crippen molar-refractivity contribution in [1.29, 1.82) is 0 Å². The van der Waals surface area contributed by atoms with E-state index in [0.717, 1.165) is 12.1 Å². The fourth-order valence-electron chi connectivity index (χ4n) is 6.35.